The predicted molar refractivity (Wildman–Crippen MR) is 114 cm³/mol. The molecule has 0 N–H and O–H groups in total. The maximum absolute atomic E-state index is 13.4. The van der Waals surface area contributed by atoms with Crippen LogP contribution < -0.4 is 5.56 Å². The number of benzene rings is 2. The summed E-state index contributed by atoms with van der Waals surface area (Å²) in [6.45, 7) is 5.19. The van der Waals surface area contributed by atoms with Crippen molar-refractivity contribution < 1.29 is 18.7 Å². The summed E-state index contributed by atoms with van der Waals surface area (Å²) in [6.07, 6.45) is -1.09. The van der Waals surface area contributed by atoms with Crippen LogP contribution in [0.3, 0.4) is 0 Å². The van der Waals surface area contributed by atoms with E-state index in [2.05, 4.69) is 5.10 Å². The van der Waals surface area contributed by atoms with E-state index in [0.29, 0.717) is 16.3 Å². The lowest BCUT2D eigenvalue weighted by Gasteiger charge is -2.22. The quantitative estimate of drug-likeness (QED) is 0.566. The highest BCUT2D eigenvalue weighted by molar-refractivity contribution is 6.02. The minimum atomic E-state index is -1.09. The van der Waals surface area contributed by atoms with Gasteiger partial charge in [0.05, 0.1) is 11.4 Å². The van der Waals surface area contributed by atoms with Crippen LogP contribution in [-0.2, 0) is 16.1 Å². The molecule has 1 heterocycles. The molecule has 2 aromatic carbocycles. The lowest BCUT2D eigenvalue weighted by Crippen LogP contribution is -2.37. The smallest absolute Gasteiger partial charge is 0.360 e. The molecule has 1 aromatic heterocycles. The second-order valence-corrected chi connectivity index (χ2v) is 7.61. The van der Waals surface area contributed by atoms with Gasteiger partial charge in [-0.2, -0.15) is 5.10 Å². The maximum atomic E-state index is 13.4. The zero-order valence-electron chi connectivity index (χ0n) is 17.8. The van der Waals surface area contributed by atoms with Crippen molar-refractivity contribution in [2.45, 2.75) is 39.5 Å². The summed E-state index contributed by atoms with van der Waals surface area (Å²) >= 11 is 0. The number of carbonyl (C=O) groups is 2. The average molecular weight is 425 g/mol. The molecule has 3 aromatic rings. The Labute approximate surface area is 179 Å². The normalized spacial score (nSPS) is 12.1. The number of fused-ring (bicyclic) bond motifs is 1. The summed E-state index contributed by atoms with van der Waals surface area (Å²) in [5.41, 5.74) is 0.281. The third kappa shape index (κ3) is 4.79. The highest BCUT2D eigenvalue weighted by atomic mass is 19.1. The summed E-state index contributed by atoms with van der Waals surface area (Å²) in [6, 6.07) is 12.3. The number of likely N-dealkylation sites (N-methyl/N-ethyl adjacent to an activating group) is 1. The molecule has 1 unspecified atom stereocenters. The Morgan fingerprint density at radius 1 is 1.10 bits per heavy atom. The molecule has 0 fully saturated rings. The number of rotatable bonds is 6. The number of hydrogen-bond acceptors (Lipinski definition) is 5. The van der Waals surface area contributed by atoms with E-state index in [9.17, 15) is 18.8 Å². The highest BCUT2D eigenvalue weighted by Gasteiger charge is 2.25. The van der Waals surface area contributed by atoms with Crippen LogP contribution in [0.5, 0.6) is 0 Å². The van der Waals surface area contributed by atoms with Gasteiger partial charge in [-0.3, -0.25) is 9.59 Å². The van der Waals surface area contributed by atoms with Crippen LogP contribution in [-0.4, -0.2) is 39.7 Å². The molecule has 8 heteroatoms. The van der Waals surface area contributed by atoms with Gasteiger partial charge in [0.1, 0.15) is 5.82 Å². The number of hydrogen-bond donors (Lipinski definition) is 0. The molecule has 0 aliphatic heterocycles. The minimum absolute atomic E-state index is 0.0312. The number of carbonyl (C=O) groups excluding carboxylic acids is 2. The number of aromatic nitrogens is 2. The molecular formula is C23H24FN3O4. The summed E-state index contributed by atoms with van der Waals surface area (Å²) in [7, 11) is 1.55. The van der Waals surface area contributed by atoms with E-state index in [1.54, 1.807) is 57.3 Å². The molecule has 0 radical (unpaired) electrons. The molecule has 31 heavy (non-hydrogen) atoms. The number of esters is 1. The van der Waals surface area contributed by atoms with E-state index < -0.39 is 23.8 Å². The molecule has 162 valence electrons. The molecule has 0 bridgehead atoms. The van der Waals surface area contributed by atoms with E-state index in [4.69, 9.17) is 4.74 Å². The summed E-state index contributed by atoms with van der Waals surface area (Å²) in [4.78, 5) is 39.5. The second kappa shape index (κ2) is 9.07. The zero-order chi connectivity index (χ0) is 22.7. The summed E-state index contributed by atoms with van der Waals surface area (Å²) < 4.78 is 20.0. The zero-order valence-corrected chi connectivity index (χ0v) is 17.8. The van der Waals surface area contributed by atoms with E-state index >= 15 is 0 Å². The number of nitrogens with zero attached hydrogens (tertiary/aromatic N) is 3. The highest BCUT2D eigenvalue weighted by Crippen LogP contribution is 2.17. The van der Waals surface area contributed by atoms with E-state index in [0.717, 1.165) is 0 Å². The molecule has 0 saturated carbocycles. The Bertz CT molecular complexity index is 1190. The Balaban J connectivity index is 1.82. The summed E-state index contributed by atoms with van der Waals surface area (Å²) in [5.74, 6) is -1.64. The molecule has 0 saturated heterocycles. The molecule has 1 atom stereocenters. The first-order chi connectivity index (χ1) is 14.7. The minimum Gasteiger partial charge on any atom is -0.448 e. The fourth-order valence-electron chi connectivity index (χ4n) is 3.27. The number of ether oxygens (including phenoxy) is 1. The van der Waals surface area contributed by atoms with Crippen LogP contribution in [0, 0.1) is 5.82 Å². The Kier molecular flexibility index (Phi) is 6.48. The van der Waals surface area contributed by atoms with Gasteiger partial charge in [0.15, 0.2) is 11.8 Å². The van der Waals surface area contributed by atoms with Gasteiger partial charge >= 0.3 is 5.97 Å². The van der Waals surface area contributed by atoms with Crippen molar-refractivity contribution in [1.29, 1.82) is 0 Å². The van der Waals surface area contributed by atoms with Gasteiger partial charge in [0.25, 0.3) is 11.5 Å². The number of amides is 1. The van der Waals surface area contributed by atoms with Crippen molar-refractivity contribution >= 4 is 22.6 Å². The third-order valence-electron chi connectivity index (χ3n) is 4.83. The molecule has 3 rings (SSSR count). The van der Waals surface area contributed by atoms with Crippen LogP contribution in [0.4, 0.5) is 4.39 Å². The SMILES string of the molecule is CC(OC(=O)c1nn(C(C)C)c(=O)c2ccccc12)C(=O)N(C)Cc1cccc(F)c1. The van der Waals surface area contributed by atoms with Gasteiger partial charge in [-0.15, -0.1) is 0 Å². The van der Waals surface area contributed by atoms with Crippen LogP contribution in [0.25, 0.3) is 10.8 Å². The van der Waals surface area contributed by atoms with Crippen LogP contribution in [0.15, 0.2) is 53.3 Å². The Morgan fingerprint density at radius 2 is 1.77 bits per heavy atom. The van der Waals surface area contributed by atoms with Gasteiger partial charge in [-0.05, 0) is 44.5 Å². The van der Waals surface area contributed by atoms with E-state index in [-0.39, 0.29) is 23.8 Å². The van der Waals surface area contributed by atoms with E-state index in [1.807, 2.05) is 0 Å². The third-order valence-corrected chi connectivity index (χ3v) is 4.83. The van der Waals surface area contributed by atoms with Gasteiger partial charge in [0.2, 0.25) is 0 Å². The maximum Gasteiger partial charge on any atom is 0.360 e. The Morgan fingerprint density at radius 3 is 2.42 bits per heavy atom. The molecule has 1 amide bonds. The van der Waals surface area contributed by atoms with Crippen LogP contribution in [0.2, 0.25) is 0 Å². The van der Waals surface area contributed by atoms with Gasteiger partial charge in [-0.1, -0.05) is 30.3 Å². The lowest BCUT2D eigenvalue weighted by atomic mass is 10.1. The topological polar surface area (TPSA) is 81.5 Å². The van der Waals surface area contributed by atoms with Crippen LogP contribution >= 0.6 is 0 Å². The van der Waals surface area contributed by atoms with Crippen molar-refractivity contribution in [3.63, 3.8) is 0 Å². The van der Waals surface area contributed by atoms with Crippen molar-refractivity contribution in [1.82, 2.24) is 14.7 Å². The lowest BCUT2D eigenvalue weighted by molar-refractivity contribution is -0.139. The summed E-state index contributed by atoms with van der Waals surface area (Å²) in [5, 5.41) is 4.91. The largest absolute Gasteiger partial charge is 0.448 e. The molecule has 0 aliphatic carbocycles. The molecular weight excluding hydrogens is 401 g/mol. The molecule has 0 aliphatic rings. The van der Waals surface area contributed by atoms with Gasteiger partial charge in [-0.25, -0.2) is 13.9 Å². The fourth-order valence-corrected chi connectivity index (χ4v) is 3.27. The van der Waals surface area contributed by atoms with Crippen molar-refractivity contribution in [3.05, 3.63) is 76.0 Å². The molecule has 7 nitrogen and oxygen atoms in total. The fraction of sp³-hybridized carbons (Fsp3) is 0.304. The first-order valence-electron chi connectivity index (χ1n) is 9.91. The van der Waals surface area contributed by atoms with Crippen molar-refractivity contribution in [2.75, 3.05) is 7.05 Å². The standard InChI is InChI=1S/C23H24FN3O4/c1-14(2)27-22(29)19-11-6-5-10-18(19)20(25-27)23(30)31-15(3)21(28)26(4)13-16-8-7-9-17(24)12-16/h5-12,14-15H,13H2,1-4H3. The van der Waals surface area contributed by atoms with Crippen molar-refractivity contribution in [2.24, 2.45) is 0 Å². The second-order valence-electron chi connectivity index (χ2n) is 7.61. The Hall–Kier alpha value is -3.55. The van der Waals surface area contributed by atoms with Crippen LogP contribution in [0.1, 0.15) is 42.9 Å². The number of halogens is 1. The van der Waals surface area contributed by atoms with Gasteiger partial charge < -0.3 is 9.64 Å². The monoisotopic (exact) mass is 425 g/mol. The first kappa shape index (κ1) is 22.1. The first-order valence-corrected chi connectivity index (χ1v) is 9.91. The molecule has 0 spiro atoms. The van der Waals surface area contributed by atoms with Gasteiger partial charge in [0, 0.05) is 19.0 Å². The van der Waals surface area contributed by atoms with Crippen molar-refractivity contribution in [3.8, 4) is 0 Å². The predicted octanol–water partition coefficient (Wildman–Crippen LogP) is 3.32. The van der Waals surface area contributed by atoms with E-state index in [1.165, 1.54) is 28.6 Å². The average Bonchev–Trinajstić information content (AvgIpc) is 2.73.